The smallest absolute Gasteiger partial charge is 0.253 e. The van der Waals surface area contributed by atoms with Crippen LogP contribution in [0.5, 0.6) is 0 Å². The molecule has 0 radical (unpaired) electrons. The Morgan fingerprint density at radius 1 is 1.61 bits per heavy atom. The average molecular weight is 258 g/mol. The molecule has 1 rings (SSSR count). The van der Waals surface area contributed by atoms with E-state index in [0.717, 1.165) is 0 Å². The molecule has 0 bridgehead atoms. The van der Waals surface area contributed by atoms with Crippen molar-refractivity contribution in [1.29, 1.82) is 0 Å². The van der Waals surface area contributed by atoms with Gasteiger partial charge in [-0.3, -0.25) is 30.0 Å². The van der Waals surface area contributed by atoms with Crippen LogP contribution in [0.2, 0.25) is 0 Å². The van der Waals surface area contributed by atoms with Gasteiger partial charge in [0.15, 0.2) is 0 Å². The van der Waals surface area contributed by atoms with E-state index in [2.05, 4.69) is 5.32 Å². The molecule has 1 atom stereocenters. The highest BCUT2D eigenvalue weighted by atomic mass is 16.5. The minimum atomic E-state index is -0.996. The molecule has 0 spiro atoms. The van der Waals surface area contributed by atoms with E-state index in [4.69, 9.17) is 10.6 Å². The Balaban J connectivity index is 3.03. The highest BCUT2D eigenvalue weighted by Crippen LogP contribution is 2.21. The average Bonchev–Trinajstić information content (AvgIpc) is 2.30. The summed E-state index contributed by atoms with van der Waals surface area (Å²) < 4.78 is 4.94. The van der Waals surface area contributed by atoms with E-state index in [1.54, 1.807) is 13.8 Å². The summed E-state index contributed by atoms with van der Waals surface area (Å²) in [5, 5.41) is 2.23. The molecule has 1 saturated heterocycles. The number of methoxy groups -OCH3 is 1. The molecule has 8 nitrogen and oxygen atoms in total. The third kappa shape index (κ3) is 2.66. The number of hydrogen-bond donors (Lipinski definition) is 3. The fourth-order valence-corrected chi connectivity index (χ4v) is 1.86. The van der Waals surface area contributed by atoms with Crippen molar-refractivity contribution in [2.24, 2.45) is 5.84 Å². The zero-order chi connectivity index (χ0) is 13.9. The van der Waals surface area contributed by atoms with Gasteiger partial charge in [-0.25, -0.2) is 5.84 Å². The highest BCUT2D eigenvalue weighted by molar-refractivity contribution is 6.03. The van der Waals surface area contributed by atoms with Gasteiger partial charge in [0.25, 0.3) is 5.91 Å². The van der Waals surface area contributed by atoms with Crippen molar-refractivity contribution in [2.75, 3.05) is 20.3 Å². The number of nitrogens with one attached hydrogen (secondary N) is 2. The van der Waals surface area contributed by atoms with Crippen molar-refractivity contribution >= 4 is 17.7 Å². The van der Waals surface area contributed by atoms with Crippen LogP contribution < -0.4 is 16.6 Å². The number of carbonyl (C=O) groups excluding carboxylic acids is 3. The molecule has 1 aliphatic heterocycles. The summed E-state index contributed by atoms with van der Waals surface area (Å²) in [5.41, 5.74) is 1.01. The van der Waals surface area contributed by atoms with Crippen molar-refractivity contribution in [3.05, 3.63) is 0 Å². The minimum absolute atomic E-state index is 0.0347. The fourth-order valence-electron chi connectivity index (χ4n) is 1.86. The monoisotopic (exact) mass is 258 g/mol. The first-order valence-corrected chi connectivity index (χ1v) is 5.45. The predicted octanol–water partition coefficient (Wildman–Crippen LogP) is -2.27. The number of hydrazine groups is 1. The Labute approximate surface area is 105 Å². The van der Waals surface area contributed by atoms with Crippen LogP contribution in [0, 0.1) is 0 Å². The second-order valence-electron chi connectivity index (χ2n) is 4.54. The molecule has 18 heavy (non-hydrogen) atoms. The lowest BCUT2D eigenvalue weighted by molar-refractivity contribution is -0.151. The van der Waals surface area contributed by atoms with Crippen molar-refractivity contribution in [3.63, 3.8) is 0 Å². The number of hydrogen-bond acceptors (Lipinski definition) is 6. The summed E-state index contributed by atoms with van der Waals surface area (Å²) in [6.45, 7) is 3.22. The number of nitrogens with zero attached hydrogens (tertiary/aromatic N) is 1. The van der Waals surface area contributed by atoms with Gasteiger partial charge < -0.3 is 4.74 Å². The number of nitrogens with two attached hydrogens (primary N) is 1. The van der Waals surface area contributed by atoms with Gasteiger partial charge in [0.2, 0.25) is 11.8 Å². The molecule has 0 saturated carbocycles. The summed E-state index contributed by atoms with van der Waals surface area (Å²) in [5.74, 6) is 3.69. The van der Waals surface area contributed by atoms with Gasteiger partial charge in [-0.15, -0.1) is 0 Å². The SMILES string of the molecule is COCC(C(=O)NN)N1CC(=O)NC(=O)C1(C)C. The number of carbonyl (C=O) groups is 3. The van der Waals surface area contributed by atoms with Crippen LogP contribution >= 0.6 is 0 Å². The molecule has 4 N–H and O–H groups in total. The molecule has 8 heteroatoms. The van der Waals surface area contributed by atoms with Crippen molar-refractivity contribution in [1.82, 2.24) is 15.6 Å². The van der Waals surface area contributed by atoms with Crippen LogP contribution in [0.4, 0.5) is 0 Å². The van der Waals surface area contributed by atoms with Crippen LogP contribution in [0.25, 0.3) is 0 Å². The van der Waals surface area contributed by atoms with Gasteiger partial charge in [0.05, 0.1) is 18.7 Å². The largest absolute Gasteiger partial charge is 0.383 e. The summed E-state index contributed by atoms with van der Waals surface area (Å²) in [6, 6.07) is -0.801. The van der Waals surface area contributed by atoms with Crippen LogP contribution in [-0.2, 0) is 19.1 Å². The Morgan fingerprint density at radius 2 is 2.22 bits per heavy atom. The second kappa shape index (κ2) is 5.42. The van der Waals surface area contributed by atoms with Crippen LogP contribution in [0.3, 0.4) is 0 Å². The van der Waals surface area contributed by atoms with Gasteiger partial charge in [0.1, 0.15) is 6.04 Å². The first kappa shape index (κ1) is 14.6. The molecule has 0 aliphatic carbocycles. The Kier molecular flexibility index (Phi) is 4.38. The molecule has 0 aromatic carbocycles. The summed E-state index contributed by atoms with van der Waals surface area (Å²) in [7, 11) is 1.43. The zero-order valence-electron chi connectivity index (χ0n) is 10.6. The lowest BCUT2D eigenvalue weighted by Crippen LogP contribution is -2.69. The topological polar surface area (TPSA) is 114 Å². The molecular weight excluding hydrogens is 240 g/mol. The van der Waals surface area contributed by atoms with Gasteiger partial charge in [-0.05, 0) is 13.8 Å². The van der Waals surface area contributed by atoms with Crippen LogP contribution in [0.1, 0.15) is 13.8 Å². The summed E-state index contributed by atoms with van der Waals surface area (Å²) >= 11 is 0. The predicted molar refractivity (Wildman–Crippen MR) is 61.9 cm³/mol. The van der Waals surface area contributed by atoms with Gasteiger partial charge in [0, 0.05) is 7.11 Å². The lowest BCUT2D eigenvalue weighted by atomic mass is 9.96. The number of rotatable bonds is 4. The third-order valence-electron chi connectivity index (χ3n) is 2.99. The molecule has 3 amide bonds. The fraction of sp³-hybridized carbons (Fsp3) is 0.700. The number of ether oxygens (including phenoxy) is 1. The van der Waals surface area contributed by atoms with E-state index in [9.17, 15) is 14.4 Å². The van der Waals surface area contributed by atoms with Crippen molar-refractivity contribution < 1.29 is 19.1 Å². The molecule has 102 valence electrons. The first-order valence-electron chi connectivity index (χ1n) is 5.45. The normalized spacial score (nSPS) is 21.3. The Morgan fingerprint density at radius 3 is 2.72 bits per heavy atom. The molecule has 1 unspecified atom stereocenters. The van der Waals surface area contributed by atoms with Gasteiger partial charge in [-0.1, -0.05) is 0 Å². The molecule has 1 heterocycles. The third-order valence-corrected chi connectivity index (χ3v) is 2.99. The van der Waals surface area contributed by atoms with E-state index >= 15 is 0 Å². The van der Waals surface area contributed by atoms with E-state index in [-0.39, 0.29) is 13.2 Å². The molecule has 0 aromatic rings. The maximum atomic E-state index is 11.8. The number of piperazine rings is 1. The number of amides is 3. The number of imide groups is 1. The Hall–Kier alpha value is -1.51. The lowest BCUT2D eigenvalue weighted by Gasteiger charge is -2.43. The Bertz CT molecular complexity index is 369. The molecule has 0 aromatic heterocycles. The summed E-state index contributed by atoms with van der Waals surface area (Å²) in [4.78, 5) is 36.4. The van der Waals surface area contributed by atoms with Crippen molar-refractivity contribution in [3.8, 4) is 0 Å². The molecular formula is C10H18N4O4. The standard InChI is InChI=1S/C10H18N4O4/c1-10(2)9(17)12-7(15)4-14(10)6(5-18-3)8(16)13-11/h6H,4-5,11H2,1-3H3,(H,13,16)(H,12,15,17). The van der Waals surface area contributed by atoms with Crippen LogP contribution in [-0.4, -0.2) is 54.5 Å². The van der Waals surface area contributed by atoms with Crippen LogP contribution in [0.15, 0.2) is 0 Å². The zero-order valence-corrected chi connectivity index (χ0v) is 10.6. The van der Waals surface area contributed by atoms with E-state index in [0.29, 0.717) is 0 Å². The second-order valence-corrected chi connectivity index (χ2v) is 4.54. The maximum absolute atomic E-state index is 11.8. The maximum Gasteiger partial charge on any atom is 0.253 e. The van der Waals surface area contributed by atoms with Gasteiger partial charge >= 0.3 is 0 Å². The molecule has 1 fully saturated rings. The van der Waals surface area contributed by atoms with E-state index < -0.39 is 29.3 Å². The van der Waals surface area contributed by atoms with E-state index in [1.807, 2.05) is 5.43 Å². The molecule has 1 aliphatic rings. The quantitative estimate of drug-likeness (QED) is 0.227. The minimum Gasteiger partial charge on any atom is -0.383 e. The first-order chi connectivity index (χ1) is 8.34. The van der Waals surface area contributed by atoms with E-state index in [1.165, 1.54) is 12.0 Å². The highest BCUT2D eigenvalue weighted by Gasteiger charge is 2.46. The summed E-state index contributed by atoms with van der Waals surface area (Å²) in [6.07, 6.45) is 0. The van der Waals surface area contributed by atoms with Gasteiger partial charge in [-0.2, -0.15) is 0 Å². The van der Waals surface area contributed by atoms with Crippen molar-refractivity contribution in [2.45, 2.75) is 25.4 Å².